The van der Waals surface area contributed by atoms with E-state index < -0.39 is 5.72 Å². The second-order valence-corrected chi connectivity index (χ2v) is 9.49. The van der Waals surface area contributed by atoms with Gasteiger partial charge in [0.25, 0.3) is 0 Å². The summed E-state index contributed by atoms with van der Waals surface area (Å²) in [6.07, 6.45) is 2.95. The summed E-state index contributed by atoms with van der Waals surface area (Å²) in [7, 11) is 1.76. The molecule has 4 aromatic carbocycles. The maximum absolute atomic E-state index is 7.01. The van der Waals surface area contributed by atoms with Gasteiger partial charge in [0.05, 0.1) is 11.6 Å². The van der Waals surface area contributed by atoms with Crippen LogP contribution in [0.2, 0.25) is 0 Å². The maximum atomic E-state index is 7.01. The summed E-state index contributed by atoms with van der Waals surface area (Å²) in [6.45, 7) is 6.09. The number of hydrogen-bond donors (Lipinski definition) is 0. The number of anilines is 1. The van der Waals surface area contributed by atoms with Crippen LogP contribution in [0.5, 0.6) is 5.75 Å². The first kappa shape index (κ1) is 20.3. The Morgan fingerprint density at radius 3 is 2.36 bits per heavy atom. The van der Waals surface area contributed by atoms with E-state index in [1.807, 2.05) is 6.21 Å². The Morgan fingerprint density at radius 2 is 1.58 bits per heavy atom. The number of ether oxygens (including phenoxy) is 2. The number of aliphatic imine (C=N–C) groups is 1. The van der Waals surface area contributed by atoms with E-state index in [0.29, 0.717) is 6.61 Å². The molecule has 0 bridgehead atoms. The van der Waals surface area contributed by atoms with Crippen molar-refractivity contribution < 1.29 is 9.47 Å². The van der Waals surface area contributed by atoms with Gasteiger partial charge < -0.3 is 14.4 Å². The minimum Gasteiger partial charge on any atom is -0.459 e. The van der Waals surface area contributed by atoms with Gasteiger partial charge in [-0.2, -0.15) is 0 Å². The first-order chi connectivity index (χ1) is 16.1. The van der Waals surface area contributed by atoms with E-state index in [-0.39, 0.29) is 5.41 Å². The Bertz CT molecular complexity index is 1410. The minimum atomic E-state index is -0.720. The lowest BCUT2D eigenvalue weighted by Gasteiger charge is -2.46. The lowest BCUT2D eigenvalue weighted by molar-refractivity contribution is 0.0761. The van der Waals surface area contributed by atoms with Gasteiger partial charge in [0.15, 0.2) is 0 Å². The van der Waals surface area contributed by atoms with Crippen LogP contribution in [-0.4, -0.2) is 32.2 Å². The van der Waals surface area contributed by atoms with Crippen molar-refractivity contribution in [3.63, 3.8) is 0 Å². The Balaban J connectivity index is 1.56. The molecule has 0 aromatic heterocycles. The summed E-state index contributed by atoms with van der Waals surface area (Å²) < 4.78 is 12.4. The molecule has 4 heteroatoms. The second kappa shape index (κ2) is 7.32. The molecule has 2 heterocycles. The predicted molar refractivity (Wildman–Crippen MR) is 136 cm³/mol. The molecular weight excluding hydrogens is 408 g/mol. The lowest BCUT2D eigenvalue weighted by Crippen LogP contribution is -2.62. The Labute approximate surface area is 194 Å². The fraction of sp³-hybridized carbons (Fsp3) is 0.276. The first-order valence-electron chi connectivity index (χ1n) is 11.6. The molecule has 0 amide bonds. The summed E-state index contributed by atoms with van der Waals surface area (Å²) in [5, 5.41) is 4.81. The average molecular weight is 437 g/mol. The fourth-order valence-corrected chi connectivity index (χ4v) is 5.70. The molecule has 6 rings (SSSR count). The molecule has 1 unspecified atom stereocenters. The van der Waals surface area contributed by atoms with Gasteiger partial charge in [-0.3, -0.25) is 4.99 Å². The number of methoxy groups -OCH3 is 1. The molecule has 1 atom stereocenters. The van der Waals surface area contributed by atoms with Crippen LogP contribution in [0.1, 0.15) is 25.8 Å². The summed E-state index contributed by atoms with van der Waals surface area (Å²) in [6, 6.07) is 25.6. The summed E-state index contributed by atoms with van der Waals surface area (Å²) >= 11 is 0. The lowest BCUT2D eigenvalue weighted by atomic mass is 9.75. The molecule has 2 aliphatic rings. The van der Waals surface area contributed by atoms with Crippen LogP contribution in [-0.2, 0) is 10.2 Å². The molecule has 166 valence electrons. The van der Waals surface area contributed by atoms with Crippen LogP contribution in [0.3, 0.4) is 0 Å². The van der Waals surface area contributed by atoms with Crippen LogP contribution in [0.25, 0.3) is 21.5 Å². The Morgan fingerprint density at radius 1 is 0.879 bits per heavy atom. The van der Waals surface area contributed by atoms with Crippen molar-refractivity contribution >= 4 is 39.1 Å². The summed E-state index contributed by atoms with van der Waals surface area (Å²) in [5.41, 5.74) is 2.39. The average Bonchev–Trinajstić information content (AvgIpc) is 3.02. The molecule has 0 fully saturated rings. The number of nitrogens with zero attached hydrogens (tertiary/aromatic N) is 2. The van der Waals surface area contributed by atoms with Crippen LogP contribution in [0, 0.1) is 0 Å². The number of fused-ring (bicyclic) bond motifs is 6. The predicted octanol–water partition coefficient (Wildman–Crippen LogP) is 6.62. The highest BCUT2D eigenvalue weighted by molar-refractivity contribution is 6.02. The van der Waals surface area contributed by atoms with Gasteiger partial charge >= 0.3 is 0 Å². The normalized spacial score (nSPS) is 20.3. The summed E-state index contributed by atoms with van der Waals surface area (Å²) in [5.74, 6) is 0.832. The topological polar surface area (TPSA) is 34.1 Å². The van der Waals surface area contributed by atoms with E-state index in [1.165, 1.54) is 27.4 Å². The second-order valence-electron chi connectivity index (χ2n) is 9.49. The molecule has 0 saturated heterocycles. The summed E-state index contributed by atoms with van der Waals surface area (Å²) in [4.78, 5) is 7.47. The van der Waals surface area contributed by atoms with Gasteiger partial charge in [-0.25, -0.2) is 0 Å². The zero-order valence-electron chi connectivity index (χ0n) is 19.3. The zero-order chi connectivity index (χ0) is 22.6. The largest absolute Gasteiger partial charge is 0.459 e. The molecule has 0 saturated carbocycles. The number of hydrogen-bond acceptors (Lipinski definition) is 4. The fourth-order valence-electron chi connectivity index (χ4n) is 5.70. The molecule has 2 aliphatic heterocycles. The van der Waals surface area contributed by atoms with Crippen molar-refractivity contribution in [3.05, 3.63) is 78.4 Å². The number of rotatable bonds is 4. The third kappa shape index (κ3) is 2.77. The highest BCUT2D eigenvalue weighted by Crippen LogP contribution is 2.56. The molecule has 0 aliphatic carbocycles. The van der Waals surface area contributed by atoms with Crippen molar-refractivity contribution in [1.29, 1.82) is 0 Å². The highest BCUT2D eigenvalue weighted by Gasteiger charge is 2.60. The van der Waals surface area contributed by atoms with Gasteiger partial charge in [0.2, 0.25) is 5.72 Å². The van der Waals surface area contributed by atoms with Gasteiger partial charge in [-0.15, -0.1) is 0 Å². The van der Waals surface area contributed by atoms with Crippen molar-refractivity contribution in [1.82, 2.24) is 0 Å². The van der Waals surface area contributed by atoms with Gasteiger partial charge in [0.1, 0.15) is 11.4 Å². The van der Waals surface area contributed by atoms with Crippen molar-refractivity contribution in [2.45, 2.75) is 31.4 Å². The first-order valence-corrected chi connectivity index (χ1v) is 11.6. The Kier molecular flexibility index (Phi) is 4.49. The smallest absolute Gasteiger partial charge is 0.228 e. The molecule has 0 radical (unpaired) electrons. The van der Waals surface area contributed by atoms with Crippen LogP contribution < -0.4 is 9.64 Å². The Hall–Kier alpha value is -3.37. The molecule has 4 aromatic rings. The third-order valence-corrected chi connectivity index (χ3v) is 7.35. The maximum Gasteiger partial charge on any atom is 0.228 e. The van der Waals surface area contributed by atoms with Gasteiger partial charge in [-0.05, 0) is 54.1 Å². The van der Waals surface area contributed by atoms with Gasteiger partial charge in [-0.1, -0.05) is 60.7 Å². The number of benzene rings is 4. The van der Waals surface area contributed by atoms with Crippen molar-refractivity contribution in [2.75, 3.05) is 25.2 Å². The van der Waals surface area contributed by atoms with E-state index in [9.17, 15) is 0 Å². The molecule has 1 spiro atoms. The van der Waals surface area contributed by atoms with Crippen molar-refractivity contribution in [3.8, 4) is 5.75 Å². The van der Waals surface area contributed by atoms with E-state index in [2.05, 4.69) is 91.5 Å². The third-order valence-electron chi connectivity index (χ3n) is 7.35. The van der Waals surface area contributed by atoms with Crippen LogP contribution >= 0.6 is 0 Å². The highest BCUT2D eigenvalue weighted by atomic mass is 16.5. The van der Waals surface area contributed by atoms with E-state index in [4.69, 9.17) is 14.5 Å². The molecule has 0 N–H and O–H groups in total. The monoisotopic (exact) mass is 436 g/mol. The van der Waals surface area contributed by atoms with Gasteiger partial charge in [0, 0.05) is 31.3 Å². The van der Waals surface area contributed by atoms with Crippen LogP contribution in [0.15, 0.2) is 77.8 Å². The van der Waals surface area contributed by atoms with E-state index >= 15 is 0 Å². The van der Waals surface area contributed by atoms with E-state index in [0.717, 1.165) is 29.8 Å². The van der Waals surface area contributed by atoms with Crippen LogP contribution in [0.4, 0.5) is 11.4 Å². The SMILES string of the molecule is COCCCN1c2ccc3ccccc3c2C(C)(C)C12C=Nc1c(ccc3ccccc13)O2. The van der Waals surface area contributed by atoms with E-state index in [1.54, 1.807) is 7.11 Å². The minimum absolute atomic E-state index is 0.330. The quantitative estimate of drug-likeness (QED) is 0.337. The zero-order valence-corrected chi connectivity index (χ0v) is 19.3. The standard InChI is InChI=1S/C29H28N2O2/c1-28(2)26-22-11-6-4-9-20(22)13-15-24(26)31(17-8-18-32-3)29(28)19-30-27-23-12-7-5-10-21(23)14-16-25(27)33-29/h4-7,9-16,19H,8,17-18H2,1-3H3. The molecule has 33 heavy (non-hydrogen) atoms. The molecular formula is C29H28N2O2. The van der Waals surface area contributed by atoms with Crippen molar-refractivity contribution in [2.24, 2.45) is 4.99 Å². The molecule has 4 nitrogen and oxygen atoms in total.